The average Bonchev–Trinajstić information content (AvgIpc) is 2.89. The van der Waals surface area contributed by atoms with Gasteiger partial charge in [-0.25, -0.2) is 4.99 Å². The van der Waals surface area contributed by atoms with Gasteiger partial charge < -0.3 is 10.6 Å². The maximum Gasteiger partial charge on any atom is 0.254 e. The molecule has 0 saturated carbocycles. The Kier molecular flexibility index (Phi) is 7.99. The Hall–Kier alpha value is -4.15. The van der Waals surface area contributed by atoms with Crippen molar-refractivity contribution in [1.82, 2.24) is 0 Å². The number of aryl methyl sites for hydroxylation is 1. The maximum atomic E-state index is 13.4. The molecular formula is C29H26N4O2S. The highest BCUT2D eigenvalue weighted by atomic mass is 32.2. The van der Waals surface area contributed by atoms with Gasteiger partial charge in [0.05, 0.1) is 16.9 Å². The zero-order valence-electron chi connectivity index (χ0n) is 20.1. The minimum Gasteiger partial charge on any atom is -0.325 e. The first-order chi connectivity index (χ1) is 17.5. The third-order valence-electron chi connectivity index (χ3n) is 5.92. The van der Waals surface area contributed by atoms with Crippen LogP contribution in [0.1, 0.15) is 24.0 Å². The van der Waals surface area contributed by atoms with E-state index in [4.69, 9.17) is 0 Å². The summed E-state index contributed by atoms with van der Waals surface area (Å²) >= 11 is 1.23. The van der Waals surface area contributed by atoms with Crippen molar-refractivity contribution in [3.05, 3.63) is 107 Å². The van der Waals surface area contributed by atoms with Crippen molar-refractivity contribution in [1.29, 1.82) is 5.26 Å². The SMILES string of the molecule is CC1=C(C(=O)Nc2ccccc2)C(c2ccccc2)C(C#N)C(SCC(=O)Nc2ccccc2C)=N1. The van der Waals surface area contributed by atoms with Gasteiger partial charge in [-0.15, -0.1) is 0 Å². The van der Waals surface area contributed by atoms with Crippen molar-refractivity contribution < 1.29 is 9.59 Å². The lowest BCUT2D eigenvalue weighted by Crippen LogP contribution is -2.31. The number of amides is 2. The monoisotopic (exact) mass is 494 g/mol. The zero-order valence-corrected chi connectivity index (χ0v) is 20.9. The number of allylic oxidation sites excluding steroid dienone is 1. The van der Waals surface area contributed by atoms with E-state index < -0.39 is 11.8 Å². The largest absolute Gasteiger partial charge is 0.325 e. The number of hydrogen-bond donors (Lipinski definition) is 2. The molecule has 0 bridgehead atoms. The van der Waals surface area contributed by atoms with Gasteiger partial charge in [0.1, 0.15) is 5.92 Å². The quantitative estimate of drug-likeness (QED) is 0.445. The summed E-state index contributed by atoms with van der Waals surface area (Å²) in [7, 11) is 0. The standard InChI is InChI=1S/C29H26N4O2S/c1-19-11-9-10-16-24(19)33-25(34)18-36-29-23(17-30)27(21-12-5-3-6-13-21)26(20(2)31-29)28(35)32-22-14-7-4-8-15-22/h3-16,23,27H,18H2,1-2H3,(H,32,35)(H,33,34). The molecule has 2 atom stereocenters. The van der Waals surface area contributed by atoms with Crippen LogP contribution in [0.15, 0.2) is 101 Å². The number of rotatable bonds is 6. The van der Waals surface area contributed by atoms with Crippen LogP contribution >= 0.6 is 11.8 Å². The van der Waals surface area contributed by atoms with Crippen LogP contribution < -0.4 is 10.6 Å². The summed E-state index contributed by atoms with van der Waals surface area (Å²) in [5, 5.41) is 16.6. The first-order valence-electron chi connectivity index (χ1n) is 11.6. The van der Waals surface area contributed by atoms with Crippen LogP contribution in [0.5, 0.6) is 0 Å². The second kappa shape index (κ2) is 11.5. The minimum atomic E-state index is -0.705. The fourth-order valence-electron chi connectivity index (χ4n) is 4.17. The van der Waals surface area contributed by atoms with E-state index in [1.807, 2.05) is 91.9 Å². The number of carbonyl (C=O) groups excluding carboxylic acids is 2. The Morgan fingerprint density at radius 1 is 0.917 bits per heavy atom. The summed E-state index contributed by atoms with van der Waals surface area (Å²) in [6.07, 6.45) is 0. The summed E-state index contributed by atoms with van der Waals surface area (Å²) in [4.78, 5) is 30.7. The topological polar surface area (TPSA) is 94.4 Å². The molecule has 2 N–H and O–H groups in total. The van der Waals surface area contributed by atoms with Gasteiger partial charge in [0.25, 0.3) is 5.91 Å². The Morgan fingerprint density at radius 2 is 1.56 bits per heavy atom. The molecule has 1 aliphatic rings. The molecule has 0 aromatic heterocycles. The lowest BCUT2D eigenvalue weighted by atomic mass is 9.78. The predicted octanol–water partition coefficient (Wildman–Crippen LogP) is 5.92. The highest BCUT2D eigenvalue weighted by molar-refractivity contribution is 8.14. The van der Waals surface area contributed by atoms with Crippen molar-refractivity contribution in [3.63, 3.8) is 0 Å². The molecule has 3 aromatic carbocycles. The number of nitrogens with zero attached hydrogens (tertiary/aromatic N) is 2. The van der Waals surface area contributed by atoms with E-state index in [1.54, 1.807) is 6.92 Å². The van der Waals surface area contributed by atoms with Crippen LogP contribution in [-0.2, 0) is 9.59 Å². The van der Waals surface area contributed by atoms with Gasteiger partial charge in [-0.1, -0.05) is 78.5 Å². The molecule has 2 amide bonds. The highest BCUT2D eigenvalue weighted by Crippen LogP contribution is 2.41. The molecule has 0 radical (unpaired) electrons. The van der Waals surface area contributed by atoms with Crippen LogP contribution in [0, 0.1) is 24.2 Å². The molecule has 0 spiro atoms. The van der Waals surface area contributed by atoms with Gasteiger partial charge in [-0.05, 0) is 43.2 Å². The third kappa shape index (κ3) is 5.73. The number of nitriles is 1. The molecule has 0 fully saturated rings. The van der Waals surface area contributed by atoms with E-state index in [0.29, 0.717) is 22.0 Å². The Balaban J connectivity index is 1.62. The normalized spacial score (nSPS) is 17.1. The van der Waals surface area contributed by atoms with Crippen LogP contribution in [0.4, 0.5) is 11.4 Å². The molecule has 1 heterocycles. The number of hydrogen-bond acceptors (Lipinski definition) is 5. The third-order valence-corrected chi connectivity index (χ3v) is 6.97. The number of carbonyl (C=O) groups is 2. The second-order valence-corrected chi connectivity index (χ2v) is 9.41. The van der Waals surface area contributed by atoms with Crippen molar-refractivity contribution >= 4 is 40.0 Å². The van der Waals surface area contributed by atoms with E-state index >= 15 is 0 Å². The van der Waals surface area contributed by atoms with E-state index in [2.05, 4.69) is 21.7 Å². The Labute approximate surface area is 215 Å². The lowest BCUT2D eigenvalue weighted by Gasteiger charge is -2.30. The van der Waals surface area contributed by atoms with Gasteiger partial charge in [0.2, 0.25) is 5.91 Å². The number of para-hydroxylation sites is 2. The molecule has 0 aliphatic carbocycles. The summed E-state index contributed by atoms with van der Waals surface area (Å²) in [6, 6.07) is 28.6. The van der Waals surface area contributed by atoms with Gasteiger partial charge in [0, 0.05) is 28.6 Å². The first kappa shape index (κ1) is 25.0. The van der Waals surface area contributed by atoms with Crippen molar-refractivity contribution in [3.8, 4) is 6.07 Å². The first-order valence-corrected chi connectivity index (χ1v) is 12.5. The van der Waals surface area contributed by atoms with Crippen LogP contribution in [0.25, 0.3) is 0 Å². The van der Waals surface area contributed by atoms with Crippen LogP contribution in [0.3, 0.4) is 0 Å². The van der Waals surface area contributed by atoms with Gasteiger partial charge in [-0.2, -0.15) is 5.26 Å². The fourth-order valence-corrected chi connectivity index (χ4v) is 5.09. The number of anilines is 2. The Morgan fingerprint density at radius 3 is 2.22 bits per heavy atom. The van der Waals surface area contributed by atoms with Crippen molar-refractivity contribution in [2.75, 3.05) is 16.4 Å². The van der Waals surface area contributed by atoms with E-state index in [0.717, 1.165) is 16.8 Å². The molecule has 1 aliphatic heterocycles. The molecule has 7 heteroatoms. The lowest BCUT2D eigenvalue weighted by molar-refractivity contribution is -0.114. The predicted molar refractivity (Wildman–Crippen MR) is 146 cm³/mol. The zero-order chi connectivity index (χ0) is 25.5. The molecule has 36 heavy (non-hydrogen) atoms. The smallest absolute Gasteiger partial charge is 0.254 e. The van der Waals surface area contributed by atoms with Crippen LogP contribution in [-0.4, -0.2) is 22.6 Å². The Bertz CT molecular complexity index is 1360. The molecular weight excluding hydrogens is 468 g/mol. The summed E-state index contributed by atoms with van der Waals surface area (Å²) in [5.74, 6) is -1.59. The fraction of sp³-hybridized carbons (Fsp3) is 0.172. The number of thioether (sulfide) groups is 1. The van der Waals surface area contributed by atoms with Gasteiger partial charge >= 0.3 is 0 Å². The summed E-state index contributed by atoms with van der Waals surface area (Å²) in [6.45, 7) is 3.71. The number of aliphatic imine (C=N–C) groups is 1. The molecule has 3 aromatic rings. The molecule has 4 rings (SSSR count). The molecule has 2 unspecified atom stereocenters. The van der Waals surface area contributed by atoms with E-state index in [-0.39, 0.29) is 17.6 Å². The van der Waals surface area contributed by atoms with Gasteiger partial charge in [-0.3, -0.25) is 9.59 Å². The van der Waals surface area contributed by atoms with E-state index in [9.17, 15) is 14.9 Å². The van der Waals surface area contributed by atoms with Crippen LogP contribution in [0.2, 0.25) is 0 Å². The second-order valence-electron chi connectivity index (χ2n) is 8.42. The molecule has 6 nitrogen and oxygen atoms in total. The molecule has 180 valence electrons. The van der Waals surface area contributed by atoms with Crippen molar-refractivity contribution in [2.45, 2.75) is 19.8 Å². The number of benzene rings is 3. The average molecular weight is 495 g/mol. The number of nitrogens with one attached hydrogen (secondary N) is 2. The summed E-state index contributed by atoms with van der Waals surface area (Å²) < 4.78 is 0. The van der Waals surface area contributed by atoms with E-state index in [1.165, 1.54) is 11.8 Å². The maximum absolute atomic E-state index is 13.4. The summed E-state index contributed by atoms with van der Waals surface area (Å²) in [5.41, 5.74) is 4.22. The van der Waals surface area contributed by atoms with Gasteiger partial charge in [0.15, 0.2) is 0 Å². The van der Waals surface area contributed by atoms with Crippen molar-refractivity contribution in [2.24, 2.45) is 10.9 Å². The minimum absolute atomic E-state index is 0.103. The molecule has 0 saturated heterocycles. The highest BCUT2D eigenvalue weighted by Gasteiger charge is 2.39.